The van der Waals surface area contributed by atoms with Crippen molar-refractivity contribution in [3.63, 3.8) is 0 Å². The van der Waals surface area contributed by atoms with Gasteiger partial charge in [0.25, 0.3) is 0 Å². The summed E-state index contributed by atoms with van der Waals surface area (Å²) in [6.07, 6.45) is 2.86. The predicted octanol–water partition coefficient (Wildman–Crippen LogP) is 2.56. The van der Waals surface area contributed by atoms with E-state index in [1.165, 1.54) is 17.3 Å². The summed E-state index contributed by atoms with van der Waals surface area (Å²) in [7, 11) is 1.83. The van der Waals surface area contributed by atoms with E-state index in [1.54, 1.807) is 12.3 Å². The van der Waals surface area contributed by atoms with Crippen LogP contribution in [0.15, 0.2) is 36.7 Å². The Morgan fingerprint density at radius 2 is 2.11 bits per heavy atom. The van der Waals surface area contributed by atoms with Gasteiger partial charge in [-0.05, 0) is 29.8 Å². The highest BCUT2D eigenvalue weighted by molar-refractivity contribution is 5.38. The smallest absolute Gasteiger partial charge is 0.146 e. The third-order valence-electron chi connectivity index (χ3n) is 3.48. The van der Waals surface area contributed by atoms with Gasteiger partial charge >= 0.3 is 0 Å². The molecule has 98 valence electrons. The normalized spacial score (nSPS) is 15.3. The SMILES string of the molecule is CNC(c1ccc2c(c1)COC2)c1ccncc1F. The van der Waals surface area contributed by atoms with Gasteiger partial charge in [-0.15, -0.1) is 0 Å². The summed E-state index contributed by atoms with van der Waals surface area (Å²) >= 11 is 0. The quantitative estimate of drug-likeness (QED) is 0.918. The second kappa shape index (κ2) is 5.07. The lowest BCUT2D eigenvalue weighted by Crippen LogP contribution is -2.19. The monoisotopic (exact) mass is 258 g/mol. The van der Waals surface area contributed by atoms with Crippen LogP contribution in [0.5, 0.6) is 0 Å². The second-order valence-electron chi connectivity index (χ2n) is 4.64. The zero-order valence-corrected chi connectivity index (χ0v) is 10.7. The standard InChI is InChI=1S/C15H15FN2O/c1-17-15(13-4-5-18-7-14(13)16)10-2-3-11-8-19-9-12(11)6-10/h2-7,15,17H,8-9H2,1H3. The molecule has 3 rings (SSSR count). The lowest BCUT2D eigenvalue weighted by molar-refractivity contribution is 0.134. The number of hydrogen-bond donors (Lipinski definition) is 1. The molecule has 4 heteroatoms. The Bertz CT molecular complexity index is 600. The highest BCUT2D eigenvalue weighted by Gasteiger charge is 2.19. The number of benzene rings is 1. The molecule has 3 nitrogen and oxygen atoms in total. The van der Waals surface area contributed by atoms with Crippen molar-refractivity contribution in [2.45, 2.75) is 19.3 Å². The van der Waals surface area contributed by atoms with Crippen LogP contribution in [-0.4, -0.2) is 12.0 Å². The molecule has 1 aromatic carbocycles. The van der Waals surface area contributed by atoms with Crippen LogP contribution in [-0.2, 0) is 18.0 Å². The van der Waals surface area contributed by atoms with Gasteiger partial charge in [-0.2, -0.15) is 0 Å². The van der Waals surface area contributed by atoms with Crippen LogP contribution >= 0.6 is 0 Å². The van der Waals surface area contributed by atoms with Gasteiger partial charge in [0.05, 0.1) is 25.5 Å². The van der Waals surface area contributed by atoms with Gasteiger partial charge < -0.3 is 10.1 Å². The zero-order chi connectivity index (χ0) is 13.2. The molecule has 2 aromatic rings. The Kier molecular flexibility index (Phi) is 3.27. The van der Waals surface area contributed by atoms with Gasteiger partial charge in [-0.1, -0.05) is 18.2 Å². The average Bonchev–Trinajstić information content (AvgIpc) is 2.89. The van der Waals surface area contributed by atoms with E-state index in [2.05, 4.69) is 22.4 Å². The molecule has 1 atom stereocenters. The summed E-state index contributed by atoms with van der Waals surface area (Å²) in [6.45, 7) is 1.31. The number of rotatable bonds is 3. The topological polar surface area (TPSA) is 34.1 Å². The summed E-state index contributed by atoms with van der Waals surface area (Å²) in [6, 6.07) is 7.70. The zero-order valence-electron chi connectivity index (χ0n) is 10.7. The van der Waals surface area contributed by atoms with Crippen molar-refractivity contribution < 1.29 is 9.13 Å². The minimum absolute atomic E-state index is 0.172. The predicted molar refractivity (Wildman–Crippen MR) is 70.0 cm³/mol. The fourth-order valence-electron chi connectivity index (χ4n) is 2.49. The third-order valence-corrected chi connectivity index (χ3v) is 3.48. The minimum atomic E-state index is -0.293. The molecule has 1 N–H and O–H groups in total. The van der Waals surface area contributed by atoms with Crippen molar-refractivity contribution in [1.82, 2.24) is 10.3 Å². The third kappa shape index (κ3) is 2.25. The molecular formula is C15H15FN2O. The van der Waals surface area contributed by atoms with Crippen LogP contribution in [0.4, 0.5) is 4.39 Å². The van der Waals surface area contributed by atoms with Crippen molar-refractivity contribution in [3.05, 3.63) is 64.7 Å². The van der Waals surface area contributed by atoms with E-state index in [4.69, 9.17) is 4.74 Å². The molecule has 1 aliphatic heterocycles. The summed E-state index contributed by atoms with van der Waals surface area (Å²) in [4.78, 5) is 3.79. The van der Waals surface area contributed by atoms with Gasteiger partial charge in [0.1, 0.15) is 5.82 Å². The van der Waals surface area contributed by atoms with E-state index in [-0.39, 0.29) is 11.9 Å². The number of fused-ring (bicyclic) bond motifs is 1. The Balaban J connectivity index is 2.01. The maximum atomic E-state index is 13.9. The molecule has 1 unspecified atom stereocenters. The van der Waals surface area contributed by atoms with E-state index < -0.39 is 0 Å². The first-order valence-electron chi connectivity index (χ1n) is 6.25. The number of nitrogens with zero attached hydrogens (tertiary/aromatic N) is 1. The average molecular weight is 258 g/mol. The maximum absolute atomic E-state index is 13.9. The van der Waals surface area contributed by atoms with E-state index in [0.29, 0.717) is 18.8 Å². The Morgan fingerprint density at radius 3 is 2.89 bits per heavy atom. The van der Waals surface area contributed by atoms with Crippen LogP contribution in [0.2, 0.25) is 0 Å². The fourth-order valence-corrected chi connectivity index (χ4v) is 2.49. The molecule has 0 bridgehead atoms. The van der Waals surface area contributed by atoms with Crippen LogP contribution in [0.1, 0.15) is 28.3 Å². The van der Waals surface area contributed by atoms with Crippen molar-refractivity contribution in [2.24, 2.45) is 0 Å². The van der Waals surface area contributed by atoms with Gasteiger partial charge in [0, 0.05) is 11.8 Å². The molecule has 0 aliphatic carbocycles. The highest BCUT2D eigenvalue weighted by Crippen LogP contribution is 2.28. The summed E-state index contributed by atoms with van der Waals surface area (Å²) < 4.78 is 19.3. The second-order valence-corrected chi connectivity index (χ2v) is 4.64. The van der Waals surface area contributed by atoms with Crippen molar-refractivity contribution in [2.75, 3.05) is 7.05 Å². The summed E-state index contributed by atoms with van der Waals surface area (Å²) in [5.74, 6) is -0.293. The Hall–Kier alpha value is -1.78. The van der Waals surface area contributed by atoms with Gasteiger partial charge in [0.15, 0.2) is 0 Å². The van der Waals surface area contributed by atoms with Crippen molar-refractivity contribution in [1.29, 1.82) is 0 Å². The van der Waals surface area contributed by atoms with Crippen LogP contribution in [0.3, 0.4) is 0 Å². The molecule has 1 aromatic heterocycles. The highest BCUT2D eigenvalue weighted by atomic mass is 19.1. The molecule has 0 fully saturated rings. The maximum Gasteiger partial charge on any atom is 0.146 e. The number of aromatic nitrogens is 1. The first-order chi connectivity index (χ1) is 9.29. The molecule has 0 amide bonds. The van der Waals surface area contributed by atoms with E-state index in [9.17, 15) is 4.39 Å². The lowest BCUT2D eigenvalue weighted by Gasteiger charge is -2.18. The number of halogens is 1. The van der Waals surface area contributed by atoms with E-state index in [1.807, 2.05) is 13.1 Å². The number of ether oxygens (including phenoxy) is 1. The lowest BCUT2D eigenvalue weighted by atomic mass is 9.96. The molecular weight excluding hydrogens is 243 g/mol. The molecule has 0 saturated carbocycles. The summed E-state index contributed by atoms with van der Waals surface area (Å²) in [5.41, 5.74) is 4.05. The van der Waals surface area contributed by atoms with Gasteiger partial charge in [-0.3, -0.25) is 4.98 Å². The first-order valence-corrected chi connectivity index (χ1v) is 6.25. The van der Waals surface area contributed by atoms with Crippen LogP contribution in [0, 0.1) is 5.82 Å². The van der Waals surface area contributed by atoms with Crippen LogP contribution in [0.25, 0.3) is 0 Å². The largest absolute Gasteiger partial charge is 0.372 e. The Morgan fingerprint density at radius 1 is 1.26 bits per heavy atom. The van der Waals surface area contributed by atoms with E-state index in [0.717, 1.165) is 5.56 Å². The first kappa shape index (κ1) is 12.3. The van der Waals surface area contributed by atoms with E-state index >= 15 is 0 Å². The molecule has 0 saturated heterocycles. The Labute approximate surface area is 111 Å². The summed E-state index contributed by atoms with van der Waals surface area (Å²) in [5, 5.41) is 3.16. The van der Waals surface area contributed by atoms with Crippen LogP contribution < -0.4 is 5.32 Å². The van der Waals surface area contributed by atoms with Gasteiger partial charge in [-0.25, -0.2) is 4.39 Å². The minimum Gasteiger partial charge on any atom is -0.372 e. The molecule has 2 heterocycles. The fraction of sp³-hybridized carbons (Fsp3) is 0.267. The molecule has 0 spiro atoms. The molecule has 19 heavy (non-hydrogen) atoms. The van der Waals surface area contributed by atoms with Crippen molar-refractivity contribution in [3.8, 4) is 0 Å². The number of hydrogen-bond acceptors (Lipinski definition) is 3. The molecule has 1 aliphatic rings. The van der Waals surface area contributed by atoms with Crippen molar-refractivity contribution >= 4 is 0 Å². The number of pyridine rings is 1. The molecule has 0 radical (unpaired) electrons. The van der Waals surface area contributed by atoms with Gasteiger partial charge in [0.2, 0.25) is 0 Å². The number of nitrogens with one attached hydrogen (secondary N) is 1.